The van der Waals surface area contributed by atoms with Crippen molar-refractivity contribution in [2.45, 2.75) is 11.4 Å². The molecule has 1 aromatic carbocycles. The van der Waals surface area contributed by atoms with Gasteiger partial charge >= 0.3 is 0 Å². The molecule has 2 rings (SSSR count). The summed E-state index contributed by atoms with van der Waals surface area (Å²) in [5, 5.41) is 4.16. The van der Waals surface area contributed by atoms with Gasteiger partial charge < -0.3 is 0 Å². The minimum atomic E-state index is -0.949. The monoisotopic (exact) mass is 220 g/mol. The van der Waals surface area contributed by atoms with Crippen LogP contribution in [0.15, 0.2) is 47.6 Å². The lowest BCUT2D eigenvalue weighted by atomic mass is 10.2. The topological polar surface area (TPSA) is 34.9 Å². The summed E-state index contributed by atoms with van der Waals surface area (Å²) in [6.07, 6.45) is 5.13. The summed E-state index contributed by atoms with van der Waals surface area (Å²) >= 11 is 0. The summed E-state index contributed by atoms with van der Waals surface area (Å²) in [5.74, 6) is 0. The van der Waals surface area contributed by atoms with Crippen molar-refractivity contribution in [1.29, 1.82) is 0 Å². The molecule has 4 heteroatoms. The summed E-state index contributed by atoms with van der Waals surface area (Å²) < 4.78 is 13.0. The van der Waals surface area contributed by atoms with Gasteiger partial charge in [0.1, 0.15) is 0 Å². The molecule has 0 radical (unpaired) electrons. The zero-order valence-corrected chi connectivity index (χ0v) is 9.28. The van der Waals surface area contributed by atoms with E-state index in [1.54, 1.807) is 17.1 Å². The van der Waals surface area contributed by atoms with E-state index in [0.717, 1.165) is 11.4 Å². The molecule has 0 aliphatic heterocycles. The number of rotatable bonds is 3. The normalized spacial score (nSPS) is 12.6. The fourth-order valence-electron chi connectivity index (χ4n) is 1.35. The van der Waals surface area contributed by atoms with Crippen LogP contribution in [-0.2, 0) is 17.3 Å². The van der Waals surface area contributed by atoms with E-state index in [1.807, 2.05) is 36.5 Å². The Kier molecular flexibility index (Phi) is 2.97. The highest BCUT2D eigenvalue weighted by molar-refractivity contribution is 7.84. The van der Waals surface area contributed by atoms with Crippen molar-refractivity contribution in [2.24, 2.45) is 0 Å². The second kappa shape index (κ2) is 4.40. The molecule has 0 amide bonds. The molecule has 0 N–H and O–H groups in total. The largest absolute Gasteiger partial charge is 0.267 e. The molecule has 15 heavy (non-hydrogen) atoms. The molecule has 0 aliphatic rings. The number of hydrogen-bond donors (Lipinski definition) is 0. The third kappa shape index (κ3) is 2.53. The predicted octanol–water partition coefficient (Wildman–Crippen LogP) is 1.67. The van der Waals surface area contributed by atoms with Crippen LogP contribution in [0, 0.1) is 0 Å². The zero-order valence-electron chi connectivity index (χ0n) is 8.46. The minimum Gasteiger partial charge on any atom is -0.267 e. The molecule has 1 unspecified atom stereocenters. The van der Waals surface area contributed by atoms with Gasteiger partial charge in [0.2, 0.25) is 0 Å². The van der Waals surface area contributed by atoms with Crippen LogP contribution >= 0.6 is 0 Å². The molecule has 0 fully saturated rings. The quantitative estimate of drug-likeness (QED) is 0.788. The van der Waals surface area contributed by atoms with Crippen LogP contribution in [0.3, 0.4) is 0 Å². The molecule has 0 saturated heterocycles. The Morgan fingerprint density at radius 3 is 2.67 bits per heavy atom. The van der Waals surface area contributed by atoms with Crippen molar-refractivity contribution in [3.05, 3.63) is 48.3 Å². The van der Waals surface area contributed by atoms with Crippen molar-refractivity contribution in [2.75, 3.05) is 6.26 Å². The van der Waals surface area contributed by atoms with Gasteiger partial charge in [0, 0.05) is 12.5 Å². The Morgan fingerprint density at radius 2 is 2.07 bits per heavy atom. The van der Waals surface area contributed by atoms with Crippen LogP contribution < -0.4 is 0 Å². The maximum atomic E-state index is 11.2. The SMILES string of the molecule is CS(=O)c1cnn(Cc2ccccc2)c1. The van der Waals surface area contributed by atoms with Gasteiger partial charge in [-0.1, -0.05) is 30.3 Å². The van der Waals surface area contributed by atoms with Crippen molar-refractivity contribution in [1.82, 2.24) is 9.78 Å². The van der Waals surface area contributed by atoms with E-state index >= 15 is 0 Å². The third-order valence-electron chi connectivity index (χ3n) is 2.13. The number of hydrogen-bond acceptors (Lipinski definition) is 2. The molecular weight excluding hydrogens is 208 g/mol. The first-order valence-corrected chi connectivity index (χ1v) is 6.21. The van der Waals surface area contributed by atoms with Gasteiger partial charge in [-0.05, 0) is 5.56 Å². The maximum Gasteiger partial charge on any atom is 0.0764 e. The molecule has 1 atom stereocenters. The summed E-state index contributed by atoms with van der Waals surface area (Å²) in [7, 11) is -0.949. The van der Waals surface area contributed by atoms with Crippen LogP contribution in [0.4, 0.5) is 0 Å². The van der Waals surface area contributed by atoms with E-state index in [0.29, 0.717) is 0 Å². The van der Waals surface area contributed by atoms with Crippen molar-refractivity contribution < 1.29 is 4.21 Å². The van der Waals surface area contributed by atoms with Crippen molar-refractivity contribution >= 4 is 10.8 Å². The molecule has 1 aromatic heterocycles. The van der Waals surface area contributed by atoms with Gasteiger partial charge in [-0.2, -0.15) is 5.10 Å². The highest BCUT2D eigenvalue weighted by atomic mass is 32.2. The number of nitrogens with zero attached hydrogens (tertiary/aromatic N) is 2. The van der Waals surface area contributed by atoms with Gasteiger partial charge in [0.15, 0.2) is 0 Å². The van der Waals surface area contributed by atoms with Gasteiger partial charge in [0.05, 0.1) is 28.4 Å². The lowest BCUT2D eigenvalue weighted by Gasteiger charge is -2.00. The van der Waals surface area contributed by atoms with Gasteiger partial charge in [-0.3, -0.25) is 8.89 Å². The van der Waals surface area contributed by atoms with Gasteiger partial charge in [-0.25, -0.2) is 0 Å². The first-order chi connectivity index (χ1) is 7.25. The summed E-state index contributed by atoms with van der Waals surface area (Å²) in [5.41, 5.74) is 1.19. The fourth-order valence-corrected chi connectivity index (χ4v) is 1.82. The van der Waals surface area contributed by atoms with Gasteiger partial charge in [0.25, 0.3) is 0 Å². The number of aromatic nitrogens is 2. The second-order valence-electron chi connectivity index (χ2n) is 3.31. The first kappa shape index (κ1) is 10.1. The highest BCUT2D eigenvalue weighted by Crippen LogP contribution is 2.05. The molecule has 0 spiro atoms. The fraction of sp³-hybridized carbons (Fsp3) is 0.182. The molecular formula is C11H12N2OS. The zero-order chi connectivity index (χ0) is 10.7. The van der Waals surface area contributed by atoms with Crippen LogP contribution in [0.25, 0.3) is 0 Å². The molecule has 2 aromatic rings. The van der Waals surface area contributed by atoms with E-state index in [2.05, 4.69) is 5.10 Å². The maximum absolute atomic E-state index is 11.2. The van der Waals surface area contributed by atoms with E-state index in [1.165, 1.54) is 5.56 Å². The van der Waals surface area contributed by atoms with Crippen LogP contribution in [0.5, 0.6) is 0 Å². The van der Waals surface area contributed by atoms with Crippen LogP contribution in [-0.4, -0.2) is 20.2 Å². The lowest BCUT2D eigenvalue weighted by molar-refractivity contribution is 0.681. The van der Waals surface area contributed by atoms with E-state index in [-0.39, 0.29) is 0 Å². The smallest absolute Gasteiger partial charge is 0.0764 e. The molecule has 0 bridgehead atoms. The lowest BCUT2D eigenvalue weighted by Crippen LogP contribution is -1.99. The third-order valence-corrected chi connectivity index (χ3v) is 3.00. The molecule has 78 valence electrons. The van der Waals surface area contributed by atoms with Crippen LogP contribution in [0.2, 0.25) is 0 Å². The van der Waals surface area contributed by atoms with E-state index in [4.69, 9.17) is 0 Å². The van der Waals surface area contributed by atoms with E-state index in [9.17, 15) is 4.21 Å². The molecule has 1 heterocycles. The Bertz CT molecular complexity index is 464. The Morgan fingerprint density at radius 1 is 1.33 bits per heavy atom. The minimum absolute atomic E-state index is 0.720. The van der Waals surface area contributed by atoms with Gasteiger partial charge in [-0.15, -0.1) is 0 Å². The molecule has 0 saturated carbocycles. The molecule has 3 nitrogen and oxygen atoms in total. The Hall–Kier alpha value is -1.42. The summed E-state index contributed by atoms with van der Waals surface area (Å²) in [4.78, 5) is 0.769. The first-order valence-electron chi connectivity index (χ1n) is 4.65. The Balaban J connectivity index is 2.15. The average Bonchev–Trinajstić information content (AvgIpc) is 2.68. The highest BCUT2D eigenvalue weighted by Gasteiger charge is 2.01. The average molecular weight is 220 g/mol. The predicted molar refractivity (Wildman–Crippen MR) is 60.1 cm³/mol. The Labute approximate surface area is 91.2 Å². The second-order valence-corrected chi connectivity index (χ2v) is 4.69. The van der Waals surface area contributed by atoms with E-state index < -0.39 is 10.8 Å². The molecule has 0 aliphatic carbocycles. The summed E-state index contributed by atoms with van der Waals surface area (Å²) in [6.45, 7) is 0.720. The standard InChI is InChI=1S/C11H12N2OS/c1-15(14)11-7-12-13(9-11)8-10-5-3-2-4-6-10/h2-7,9H,8H2,1H3. The van der Waals surface area contributed by atoms with Crippen molar-refractivity contribution in [3.8, 4) is 0 Å². The van der Waals surface area contributed by atoms with Crippen LogP contribution in [0.1, 0.15) is 5.56 Å². The van der Waals surface area contributed by atoms with Crippen molar-refractivity contribution in [3.63, 3.8) is 0 Å². The number of benzene rings is 1. The summed E-state index contributed by atoms with van der Waals surface area (Å²) in [6, 6.07) is 10.1.